The van der Waals surface area contributed by atoms with Gasteiger partial charge in [-0.15, -0.1) is 0 Å². The van der Waals surface area contributed by atoms with Crippen LogP contribution >= 0.6 is 0 Å². The van der Waals surface area contributed by atoms with Gasteiger partial charge in [-0.1, -0.05) is 0 Å². The number of benzene rings is 3. The molecule has 3 aromatic rings. The molecule has 0 spiro atoms. The van der Waals surface area contributed by atoms with Gasteiger partial charge in [-0.25, -0.2) is 0 Å². The molecule has 0 radical (unpaired) electrons. The molecule has 1 aliphatic rings. The second-order valence-corrected chi connectivity index (χ2v) is 10.1. The van der Waals surface area contributed by atoms with E-state index in [1.807, 2.05) is 18.2 Å². The molecule has 0 aromatic heterocycles. The van der Waals surface area contributed by atoms with E-state index in [1.165, 1.54) is 16.7 Å². The van der Waals surface area contributed by atoms with E-state index in [9.17, 15) is 0 Å². The minimum absolute atomic E-state index is 0.0738. The molecule has 0 bridgehead atoms. The number of hydrogen-bond donors (Lipinski definition) is 0. The maximum atomic E-state index is 6.42. The minimum atomic E-state index is 0.0738. The third-order valence-electron chi connectivity index (χ3n) is 5.19. The molecule has 0 N–H and O–H groups in total. The van der Waals surface area contributed by atoms with Crippen LogP contribution in [0.4, 0.5) is 0 Å². The maximum absolute atomic E-state index is 6.42. The van der Waals surface area contributed by atoms with E-state index in [4.69, 9.17) is 14.2 Å². The predicted octanol–water partition coefficient (Wildman–Crippen LogP) is 5.30. The molecule has 1 heterocycles. The molecule has 0 unspecified atom stereocenters. The fraction of sp³-hybridized carbons (Fsp3) is 0.308. The Morgan fingerprint density at radius 3 is 1.70 bits per heavy atom. The normalized spacial score (nSPS) is 21.0. The molecule has 30 heavy (non-hydrogen) atoms. The Bertz CT molecular complexity index is 857. The van der Waals surface area contributed by atoms with Crippen molar-refractivity contribution in [2.75, 3.05) is 6.61 Å². The van der Waals surface area contributed by atoms with E-state index in [1.54, 1.807) is 0 Å². The van der Waals surface area contributed by atoms with Gasteiger partial charge in [-0.3, -0.25) is 0 Å². The summed E-state index contributed by atoms with van der Waals surface area (Å²) >= 11 is 0.444. The Labute approximate surface area is 185 Å². The van der Waals surface area contributed by atoms with Crippen LogP contribution in [0.5, 0.6) is 0 Å². The predicted molar refractivity (Wildman–Crippen MR) is 120 cm³/mol. The Kier molecular flexibility index (Phi) is 8.13. The molecule has 4 rings (SSSR count). The van der Waals surface area contributed by atoms with E-state index in [2.05, 4.69) is 72.8 Å². The second-order valence-electron chi connectivity index (χ2n) is 7.47. The van der Waals surface area contributed by atoms with Crippen molar-refractivity contribution in [2.45, 2.75) is 42.2 Å². The van der Waals surface area contributed by atoms with Crippen LogP contribution in [-0.4, -0.2) is 33.8 Å². The third kappa shape index (κ3) is 6.28. The van der Waals surface area contributed by atoms with Crippen molar-refractivity contribution in [3.05, 3.63) is 108 Å². The third-order valence-corrected chi connectivity index (χ3v) is 8.03. The van der Waals surface area contributed by atoms with Crippen molar-refractivity contribution in [1.29, 1.82) is 0 Å². The number of rotatable bonds is 10. The van der Waals surface area contributed by atoms with E-state index in [0.29, 0.717) is 39.6 Å². The summed E-state index contributed by atoms with van der Waals surface area (Å²) in [6.45, 7) is 2.61. The van der Waals surface area contributed by atoms with Gasteiger partial charge < -0.3 is 0 Å². The van der Waals surface area contributed by atoms with Crippen LogP contribution < -0.4 is 0 Å². The monoisotopic (exact) mass is 468 g/mol. The molecule has 3 atom stereocenters. The molecule has 4 heteroatoms. The fourth-order valence-corrected chi connectivity index (χ4v) is 6.41. The summed E-state index contributed by atoms with van der Waals surface area (Å²) in [5.74, 6) is 0. The molecule has 1 saturated heterocycles. The van der Waals surface area contributed by atoms with Crippen LogP contribution in [0, 0.1) is 0 Å². The molecule has 156 valence electrons. The standard InChI is InChI=1S/C26H28O3Se/c1-4-10-21(11-5-1)16-27-19-25-26(29-18-23-14-8-3-9-15-23)24(20-30-25)28-17-22-12-6-2-7-13-22/h1-15,24-26H,16-20H2/t24-,25-,26-/m1/s1. The van der Waals surface area contributed by atoms with Gasteiger partial charge in [0.15, 0.2) is 0 Å². The van der Waals surface area contributed by atoms with Gasteiger partial charge in [0.05, 0.1) is 0 Å². The van der Waals surface area contributed by atoms with Crippen LogP contribution in [0.2, 0.25) is 10.1 Å². The van der Waals surface area contributed by atoms with E-state index in [-0.39, 0.29) is 12.2 Å². The average molecular weight is 467 g/mol. The van der Waals surface area contributed by atoms with Crippen molar-refractivity contribution in [3.63, 3.8) is 0 Å². The van der Waals surface area contributed by atoms with Crippen LogP contribution in [0.25, 0.3) is 0 Å². The molecule has 0 saturated carbocycles. The fourth-order valence-electron chi connectivity index (χ4n) is 3.56. The number of ether oxygens (including phenoxy) is 3. The molecule has 1 fully saturated rings. The molecular formula is C26H28O3Se. The van der Waals surface area contributed by atoms with Gasteiger partial charge in [0.1, 0.15) is 0 Å². The van der Waals surface area contributed by atoms with Gasteiger partial charge in [0.2, 0.25) is 0 Å². The average Bonchev–Trinajstić information content (AvgIpc) is 3.20. The summed E-state index contributed by atoms with van der Waals surface area (Å²) < 4.78 is 18.8. The van der Waals surface area contributed by atoms with Crippen molar-refractivity contribution in [1.82, 2.24) is 0 Å². The first-order chi connectivity index (χ1) is 14.9. The Hall–Kier alpha value is -1.94. The van der Waals surface area contributed by atoms with Gasteiger partial charge in [0, 0.05) is 0 Å². The van der Waals surface area contributed by atoms with Crippen LogP contribution in [-0.2, 0) is 34.0 Å². The van der Waals surface area contributed by atoms with E-state index < -0.39 is 0 Å². The summed E-state index contributed by atoms with van der Waals surface area (Å²) in [5.41, 5.74) is 3.61. The van der Waals surface area contributed by atoms with E-state index >= 15 is 0 Å². The van der Waals surface area contributed by atoms with E-state index in [0.717, 1.165) is 11.9 Å². The summed E-state index contributed by atoms with van der Waals surface area (Å²) in [7, 11) is 0. The van der Waals surface area contributed by atoms with Gasteiger partial charge >= 0.3 is 186 Å². The summed E-state index contributed by atoms with van der Waals surface area (Å²) in [4.78, 5) is 0.408. The molecule has 0 amide bonds. The zero-order chi connectivity index (χ0) is 20.4. The molecule has 1 aliphatic heterocycles. The van der Waals surface area contributed by atoms with Crippen molar-refractivity contribution >= 4 is 15.0 Å². The molecular weight excluding hydrogens is 439 g/mol. The van der Waals surface area contributed by atoms with Crippen LogP contribution in [0.15, 0.2) is 91.0 Å². The molecule has 3 aromatic carbocycles. The van der Waals surface area contributed by atoms with Gasteiger partial charge in [-0.2, -0.15) is 0 Å². The topological polar surface area (TPSA) is 27.7 Å². The zero-order valence-corrected chi connectivity index (χ0v) is 18.8. The SMILES string of the molecule is c1ccc(COC[C@H]2[Se]C[C@@H](OCc3ccccc3)[C@H]2OCc2ccccc2)cc1. The van der Waals surface area contributed by atoms with Crippen LogP contribution in [0.3, 0.4) is 0 Å². The van der Waals surface area contributed by atoms with Crippen LogP contribution in [0.1, 0.15) is 16.7 Å². The summed E-state index contributed by atoms with van der Waals surface area (Å²) in [5, 5.41) is 1.07. The number of hydrogen-bond acceptors (Lipinski definition) is 3. The first-order valence-corrected chi connectivity index (χ1v) is 12.6. The summed E-state index contributed by atoms with van der Waals surface area (Å²) in [6.07, 6.45) is 0.198. The Morgan fingerprint density at radius 2 is 1.13 bits per heavy atom. The second kappa shape index (κ2) is 11.5. The van der Waals surface area contributed by atoms with Gasteiger partial charge in [0.25, 0.3) is 0 Å². The van der Waals surface area contributed by atoms with Crippen molar-refractivity contribution in [2.24, 2.45) is 0 Å². The van der Waals surface area contributed by atoms with Gasteiger partial charge in [-0.05, 0) is 0 Å². The first kappa shape index (κ1) is 21.3. The summed E-state index contributed by atoms with van der Waals surface area (Å²) in [6, 6.07) is 31.1. The first-order valence-electron chi connectivity index (χ1n) is 10.4. The Morgan fingerprint density at radius 1 is 0.633 bits per heavy atom. The molecule has 3 nitrogen and oxygen atoms in total. The van der Waals surface area contributed by atoms with Crippen molar-refractivity contribution in [3.8, 4) is 0 Å². The van der Waals surface area contributed by atoms with Crippen molar-refractivity contribution < 1.29 is 14.2 Å². The molecule has 0 aliphatic carbocycles. The zero-order valence-electron chi connectivity index (χ0n) is 17.1. The quantitative estimate of drug-likeness (QED) is 0.379. The Balaban J connectivity index is 1.35.